The van der Waals surface area contributed by atoms with E-state index in [1.54, 1.807) is 0 Å². The highest BCUT2D eigenvalue weighted by Crippen LogP contribution is 2.16. The topological polar surface area (TPSA) is 78.9 Å². The molecule has 0 fully saturated rings. The number of hydrogen-bond donors (Lipinski definition) is 0. The second kappa shape index (κ2) is 49.8. The second-order valence-corrected chi connectivity index (χ2v) is 18.2. The maximum atomic E-state index is 12.8. The molecule has 0 heterocycles. The fraction of sp³-hybridized carbons (Fsp3) is 0.907. The quantitative estimate of drug-likeness (QED) is 0.0263. The van der Waals surface area contributed by atoms with Crippen molar-refractivity contribution in [3.63, 3.8) is 0 Å². The number of rotatable bonds is 49. The van der Waals surface area contributed by atoms with Gasteiger partial charge in [-0.25, -0.2) is 0 Å². The van der Waals surface area contributed by atoms with Gasteiger partial charge in [-0.1, -0.05) is 245 Å². The van der Waals surface area contributed by atoms with Gasteiger partial charge in [-0.3, -0.25) is 14.4 Å². The molecule has 0 aliphatic heterocycles. The zero-order valence-corrected chi connectivity index (χ0v) is 40.5. The van der Waals surface area contributed by atoms with Crippen LogP contribution in [0.25, 0.3) is 0 Å². The van der Waals surface area contributed by atoms with Gasteiger partial charge in [0.05, 0.1) is 0 Å². The molecule has 0 aromatic rings. The zero-order valence-electron chi connectivity index (χ0n) is 40.5. The molecular weight excluding hydrogens is 745 g/mol. The van der Waals surface area contributed by atoms with Gasteiger partial charge in [0.25, 0.3) is 0 Å². The van der Waals surface area contributed by atoms with Crippen LogP contribution < -0.4 is 0 Å². The molecule has 0 rings (SSSR count). The van der Waals surface area contributed by atoms with Crippen molar-refractivity contribution in [2.75, 3.05) is 13.2 Å². The summed E-state index contributed by atoms with van der Waals surface area (Å²) >= 11 is 0. The first-order valence-electron chi connectivity index (χ1n) is 26.7. The van der Waals surface area contributed by atoms with E-state index in [-0.39, 0.29) is 31.1 Å². The highest BCUT2D eigenvalue weighted by atomic mass is 16.6. The lowest BCUT2D eigenvalue weighted by Gasteiger charge is -2.18. The van der Waals surface area contributed by atoms with Crippen molar-refractivity contribution in [1.82, 2.24) is 0 Å². The molecule has 1 atom stereocenters. The Morgan fingerprint density at radius 1 is 0.317 bits per heavy atom. The van der Waals surface area contributed by atoms with Gasteiger partial charge in [0.2, 0.25) is 0 Å². The zero-order chi connectivity index (χ0) is 43.7. The van der Waals surface area contributed by atoms with Crippen LogP contribution in [0.1, 0.15) is 297 Å². The molecule has 6 nitrogen and oxygen atoms in total. The minimum atomic E-state index is -0.767. The smallest absolute Gasteiger partial charge is 0.306 e. The Morgan fingerprint density at radius 3 is 0.850 bits per heavy atom. The third kappa shape index (κ3) is 47.2. The van der Waals surface area contributed by atoms with Gasteiger partial charge >= 0.3 is 17.9 Å². The van der Waals surface area contributed by atoms with Crippen LogP contribution >= 0.6 is 0 Å². The Morgan fingerprint density at radius 2 is 0.550 bits per heavy atom. The Hall–Kier alpha value is -1.85. The fourth-order valence-electron chi connectivity index (χ4n) is 7.97. The summed E-state index contributed by atoms with van der Waals surface area (Å²) in [4.78, 5) is 38.0. The van der Waals surface area contributed by atoms with Gasteiger partial charge in [-0.15, -0.1) is 0 Å². The number of esters is 3. The minimum Gasteiger partial charge on any atom is -0.462 e. The molecule has 0 bridgehead atoms. The monoisotopic (exact) mass is 847 g/mol. The molecule has 0 aromatic carbocycles. The maximum Gasteiger partial charge on any atom is 0.306 e. The number of unbranched alkanes of at least 4 members (excludes halogenated alkanes) is 36. The lowest BCUT2D eigenvalue weighted by Crippen LogP contribution is -2.30. The van der Waals surface area contributed by atoms with E-state index in [2.05, 4.69) is 32.9 Å². The summed E-state index contributed by atoms with van der Waals surface area (Å²) in [5.41, 5.74) is 0. The molecule has 0 aliphatic carbocycles. The molecule has 60 heavy (non-hydrogen) atoms. The first kappa shape index (κ1) is 58.1. The molecule has 0 saturated heterocycles. The maximum absolute atomic E-state index is 12.8. The van der Waals surface area contributed by atoms with Crippen LogP contribution in [-0.2, 0) is 28.6 Å². The summed E-state index contributed by atoms with van der Waals surface area (Å²) in [5, 5.41) is 0. The molecule has 6 heteroatoms. The summed E-state index contributed by atoms with van der Waals surface area (Å²) < 4.78 is 16.8. The van der Waals surface area contributed by atoms with Crippen LogP contribution in [0.4, 0.5) is 0 Å². The van der Waals surface area contributed by atoms with Crippen molar-refractivity contribution in [3.8, 4) is 0 Å². The fourth-order valence-corrected chi connectivity index (χ4v) is 7.97. The average molecular weight is 847 g/mol. The van der Waals surface area contributed by atoms with Crippen LogP contribution in [-0.4, -0.2) is 37.2 Å². The van der Waals surface area contributed by atoms with Gasteiger partial charge in [0, 0.05) is 19.3 Å². The van der Waals surface area contributed by atoms with Crippen LogP contribution in [0.2, 0.25) is 0 Å². The predicted octanol–water partition coefficient (Wildman–Crippen LogP) is 17.4. The number of carbonyl (C=O) groups excluding carboxylic acids is 3. The summed E-state index contributed by atoms with van der Waals surface area (Å²) in [6.07, 6.45) is 54.8. The third-order valence-corrected chi connectivity index (χ3v) is 12.0. The highest BCUT2D eigenvalue weighted by Gasteiger charge is 2.19. The number of ether oxygens (including phenoxy) is 3. The largest absolute Gasteiger partial charge is 0.462 e. The molecule has 0 spiro atoms. The van der Waals surface area contributed by atoms with Crippen molar-refractivity contribution in [2.45, 2.75) is 303 Å². The van der Waals surface area contributed by atoms with Crippen molar-refractivity contribution in [3.05, 3.63) is 12.2 Å². The van der Waals surface area contributed by atoms with Gasteiger partial charge in [-0.05, 0) is 44.9 Å². The number of allylic oxidation sites excluding steroid dienone is 2. The number of hydrogen-bond acceptors (Lipinski definition) is 6. The third-order valence-electron chi connectivity index (χ3n) is 12.0. The van der Waals surface area contributed by atoms with Gasteiger partial charge in [0.15, 0.2) is 6.10 Å². The van der Waals surface area contributed by atoms with E-state index in [9.17, 15) is 14.4 Å². The Kier molecular flexibility index (Phi) is 48.3. The standard InChI is InChI=1S/C54H102O6/c1-4-7-10-13-16-19-22-25-26-27-28-30-32-35-38-41-44-47-53(56)59-50-51(49-58-52(55)46-43-40-37-34-31-24-21-18-15-12-9-6-3)60-54(57)48-45-42-39-36-33-29-23-20-17-14-11-8-5-2/h20,23,51H,4-19,21-22,24-50H2,1-3H3/b23-20-/t51-/m0/s1. The van der Waals surface area contributed by atoms with E-state index in [4.69, 9.17) is 14.2 Å². The average Bonchev–Trinajstić information content (AvgIpc) is 3.24. The Bertz CT molecular complexity index is 931. The van der Waals surface area contributed by atoms with Crippen molar-refractivity contribution in [2.24, 2.45) is 0 Å². The van der Waals surface area contributed by atoms with Crippen LogP contribution in [0, 0.1) is 0 Å². The number of carbonyl (C=O) groups is 3. The Balaban J connectivity index is 4.30. The second-order valence-electron chi connectivity index (χ2n) is 18.2. The SMILES string of the molecule is CCCCCC/C=C\CCCCCCCC(=O)O[C@@H](COC(=O)CCCCCCCCCCCCCC)COC(=O)CCCCCCCCCCCCCCCCCCC. The van der Waals surface area contributed by atoms with E-state index in [0.29, 0.717) is 19.3 Å². The summed E-state index contributed by atoms with van der Waals surface area (Å²) in [6.45, 7) is 6.65. The van der Waals surface area contributed by atoms with Crippen LogP contribution in [0.15, 0.2) is 12.2 Å². The summed E-state index contributed by atoms with van der Waals surface area (Å²) in [5.74, 6) is -0.859. The van der Waals surface area contributed by atoms with Crippen LogP contribution in [0.5, 0.6) is 0 Å². The van der Waals surface area contributed by atoms with Crippen LogP contribution in [0.3, 0.4) is 0 Å². The molecular formula is C54H102O6. The molecule has 0 N–H and O–H groups in total. The van der Waals surface area contributed by atoms with Gasteiger partial charge in [0.1, 0.15) is 13.2 Å². The Labute approximate surface area is 373 Å². The first-order chi connectivity index (χ1) is 29.5. The molecule has 0 aromatic heterocycles. The van der Waals surface area contributed by atoms with E-state index >= 15 is 0 Å². The normalized spacial score (nSPS) is 12.0. The van der Waals surface area contributed by atoms with E-state index < -0.39 is 6.10 Å². The molecule has 0 aliphatic rings. The molecule has 0 amide bonds. The van der Waals surface area contributed by atoms with Gasteiger partial charge in [-0.2, -0.15) is 0 Å². The molecule has 0 unspecified atom stereocenters. The van der Waals surface area contributed by atoms with Crippen molar-refractivity contribution in [1.29, 1.82) is 0 Å². The van der Waals surface area contributed by atoms with Crippen molar-refractivity contribution < 1.29 is 28.6 Å². The first-order valence-corrected chi connectivity index (χ1v) is 26.7. The summed E-state index contributed by atoms with van der Waals surface area (Å²) in [6, 6.07) is 0. The van der Waals surface area contributed by atoms with E-state index in [0.717, 1.165) is 64.2 Å². The van der Waals surface area contributed by atoms with E-state index in [1.165, 1.54) is 193 Å². The van der Waals surface area contributed by atoms with E-state index in [1.807, 2.05) is 0 Å². The molecule has 354 valence electrons. The molecule has 0 saturated carbocycles. The minimum absolute atomic E-state index is 0.0679. The molecule has 0 radical (unpaired) electrons. The predicted molar refractivity (Wildman–Crippen MR) is 256 cm³/mol. The summed E-state index contributed by atoms with van der Waals surface area (Å²) in [7, 11) is 0. The van der Waals surface area contributed by atoms with Gasteiger partial charge < -0.3 is 14.2 Å². The van der Waals surface area contributed by atoms with Crippen molar-refractivity contribution >= 4 is 17.9 Å². The highest BCUT2D eigenvalue weighted by molar-refractivity contribution is 5.71. The lowest BCUT2D eigenvalue weighted by molar-refractivity contribution is -0.167. The lowest BCUT2D eigenvalue weighted by atomic mass is 10.0.